The van der Waals surface area contributed by atoms with Crippen molar-refractivity contribution in [3.8, 4) is 5.75 Å². The Morgan fingerprint density at radius 2 is 1.79 bits per heavy atom. The van der Waals surface area contributed by atoms with E-state index in [1.807, 2.05) is 6.92 Å². The molecule has 0 aromatic heterocycles. The van der Waals surface area contributed by atoms with Gasteiger partial charge in [-0.2, -0.15) is 0 Å². The van der Waals surface area contributed by atoms with E-state index >= 15 is 0 Å². The predicted octanol–water partition coefficient (Wildman–Crippen LogP) is 4.53. The highest BCUT2D eigenvalue weighted by atomic mass is 16.5. The van der Waals surface area contributed by atoms with Crippen molar-refractivity contribution in [2.24, 2.45) is 0 Å². The molecule has 19 heavy (non-hydrogen) atoms. The first-order chi connectivity index (χ1) is 9.30. The highest BCUT2D eigenvalue weighted by molar-refractivity contribution is 5.27. The SMILES string of the molecule is CCCCCC(CC)NCc1ccc(OCC)cc1. The van der Waals surface area contributed by atoms with Gasteiger partial charge in [0.2, 0.25) is 0 Å². The Balaban J connectivity index is 2.32. The summed E-state index contributed by atoms with van der Waals surface area (Å²) in [4.78, 5) is 0. The van der Waals surface area contributed by atoms with Crippen molar-refractivity contribution in [1.82, 2.24) is 5.32 Å². The summed E-state index contributed by atoms with van der Waals surface area (Å²) in [7, 11) is 0. The maximum Gasteiger partial charge on any atom is 0.119 e. The number of rotatable bonds is 10. The lowest BCUT2D eigenvalue weighted by molar-refractivity contribution is 0.340. The third-order valence-electron chi connectivity index (χ3n) is 3.48. The van der Waals surface area contributed by atoms with Gasteiger partial charge in [0, 0.05) is 12.6 Å². The average Bonchev–Trinajstić information content (AvgIpc) is 2.44. The van der Waals surface area contributed by atoms with Crippen molar-refractivity contribution >= 4 is 0 Å². The quantitative estimate of drug-likeness (QED) is 0.626. The van der Waals surface area contributed by atoms with E-state index in [0.29, 0.717) is 6.04 Å². The summed E-state index contributed by atoms with van der Waals surface area (Å²) in [6.45, 7) is 8.22. The molecular formula is C17H29NO. The number of ether oxygens (including phenoxy) is 1. The van der Waals surface area contributed by atoms with Crippen LogP contribution in [0.15, 0.2) is 24.3 Å². The summed E-state index contributed by atoms with van der Waals surface area (Å²) in [5.41, 5.74) is 1.33. The molecule has 1 N–H and O–H groups in total. The molecule has 2 nitrogen and oxygen atoms in total. The van der Waals surface area contributed by atoms with Crippen LogP contribution in [-0.2, 0) is 6.54 Å². The predicted molar refractivity (Wildman–Crippen MR) is 82.7 cm³/mol. The van der Waals surface area contributed by atoms with Gasteiger partial charge in [0.1, 0.15) is 5.75 Å². The molecule has 0 bridgehead atoms. The first-order valence-corrected chi connectivity index (χ1v) is 7.75. The Labute approximate surface area is 118 Å². The first kappa shape index (κ1) is 16.0. The van der Waals surface area contributed by atoms with Gasteiger partial charge >= 0.3 is 0 Å². The second-order valence-electron chi connectivity index (χ2n) is 5.06. The van der Waals surface area contributed by atoms with Crippen molar-refractivity contribution in [3.05, 3.63) is 29.8 Å². The maximum atomic E-state index is 5.45. The number of hydrogen-bond acceptors (Lipinski definition) is 2. The molecular weight excluding hydrogens is 234 g/mol. The lowest BCUT2D eigenvalue weighted by Crippen LogP contribution is -2.27. The summed E-state index contributed by atoms with van der Waals surface area (Å²) in [6, 6.07) is 9.06. The van der Waals surface area contributed by atoms with Gasteiger partial charge in [-0.05, 0) is 37.5 Å². The number of hydrogen-bond donors (Lipinski definition) is 1. The zero-order valence-corrected chi connectivity index (χ0v) is 12.7. The van der Waals surface area contributed by atoms with Crippen LogP contribution in [-0.4, -0.2) is 12.6 Å². The number of nitrogens with one attached hydrogen (secondary N) is 1. The molecule has 0 saturated carbocycles. The number of unbranched alkanes of at least 4 members (excludes halogenated alkanes) is 2. The summed E-state index contributed by atoms with van der Waals surface area (Å²) < 4.78 is 5.45. The fourth-order valence-electron chi connectivity index (χ4n) is 2.22. The maximum absolute atomic E-state index is 5.45. The zero-order chi connectivity index (χ0) is 13.9. The van der Waals surface area contributed by atoms with Crippen LogP contribution in [0, 0.1) is 0 Å². The van der Waals surface area contributed by atoms with Crippen LogP contribution in [0.2, 0.25) is 0 Å². The molecule has 1 rings (SSSR count). The molecule has 0 spiro atoms. The fourth-order valence-corrected chi connectivity index (χ4v) is 2.22. The molecule has 0 heterocycles. The van der Waals surface area contributed by atoms with Crippen LogP contribution < -0.4 is 10.1 Å². The average molecular weight is 263 g/mol. The first-order valence-electron chi connectivity index (χ1n) is 7.75. The molecule has 1 atom stereocenters. The summed E-state index contributed by atoms with van der Waals surface area (Å²) in [5.74, 6) is 0.959. The fraction of sp³-hybridized carbons (Fsp3) is 0.647. The van der Waals surface area contributed by atoms with E-state index in [9.17, 15) is 0 Å². The minimum absolute atomic E-state index is 0.651. The molecule has 0 saturated heterocycles. The normalized spacial score (nSPS) is 12.4. The van der Waals surface area contributed by atoms with Gasteiger partial charge in [0.05, 0.1) is 6.61 Å². The lowest BCUT2D eigenvalue weighted by Gasteiger charge is -2.17. The van der Waals surface area contributed by atoms with Crippen LogP contribution in [0.25, 0.3) is 0 Å². The van der Waals surface area contributed by atoms with E-state index in [-0.39, 0.29) is 0 Å². The van der Waals surface area contributed by atoms with Crippen LogP contribution in [0.3, 0.4) is 0 Å². The van der Waals surface area contributed by atoms with Crippen LogP contribution in [0.1, 0.15) is 58.4 Å². The topological polar surface area (TPSA) is 21.3 Å². The monoisotopic (exact) mass is 263 g/mol. The van der Waals surface area contributed by atoms with Crippen molar-refractivity contribution in [3.63, 3.8) is 0 Å². The van der Waals surface area contributed by atoms with Gasteiger partial charge in [-0.1, -0.05) is 45.2 Å². The van der Waals surface area contributed by atoms with Gasteiger partial charge in [0.15, 0.2) is 0 Å². The van der Waals surface area contributed by atoms with E-state index in [1.54, 1.807) is 0 Å². The van der Waals surface area contributed by atoms with Gasteiger partial charge < -0.3 is 10.1 Å². The van der Waals surface area contributed by atoms with E-state index in [4.69, 9.17) is 4.74 Å². The Morgan fingerprint density at radius 3 is 2.37 bits per heavy atom. The third kappa shape index (κ3) is 6.63. The highest BCUT2D eigenvalue weighted by Gasteiger charge is 2.05. The van der Waals surface area contributed by atoms with Crippen molar-refractivity contribution in [2.45, 2.75) is 65.5 Å². The van der Waals surface area contributed by atoms with Crippen molar-refractivity contribution < 1.29 is 4.74 Å². The third-order valence-corrected chi connectivity index (χ3v) is 3.48. The van der Waals surface area contributed by atoms with Crippen LogP contribution in [0.4, 0.5) is 0 Å². The molecule has 0 amide bonds. The molecule has 0 radical (unpaired) electrons. The molecule has 0 aliphatic heterocycles. The molecule has 2 heteroatoms. The molecule has 108 valence electrons. The second-order valence-corrected chi connectivity index (χ2v) is 5.06. The Morgan fingerprint density at radius 1 is 1.05 bits per heavy atom. The second kappa shape index (κ2) is 9.85. The molecule has 0 aliphatic rings. The Bertz CT molecular complexity index is 321. The molecule has 1 unspecified atom stereocenters. The smallest absolute Gasteiger partial charge is 0.119 e. The van der Waals surface area contributed by atoms with Crippen molar-refractivity contribution in [2.75, 3.05) is 6.61 Å². The van der Waals surface area contributed by atoms with E-state index in [1.165, 1.54) is 37.7 Å². The van der Waals surface area contributed by atoms with Gasteiger partial charge in [-0.3, -0.25) is 0 Å². The van der Waals surface area contributed by atoms with E-state index < -0.39 is 0 Å². The summed E-state index contributed by atoms with van der Waals surface area (Å²) in [5, 5.41) is 3.66. The van der Waals surface area contributed by atoms with Gasteiger partial charge in [-0.15, -0.1) is 0 Å². The minimum Gasteiger partial charge on any atom is -0.494 e. The molecule has 1 aromatic rings. The minimum atomic E-state index is 0.651. The van der Waals surface area contributed by atoms with E-state index in [0.717, 1.165) is 18.9 Å². The largest absolute Gasteiger partial charge is 0.494 e. The Hall–Kier alpha value is -1.02. The van der Waals surface area contributed by atoms with Crippen molar-refractivity contribution in [1.29, 1.82) is 0 Å². The standard InChI is InChI=1S/C17H29NO/c1-4-7-8-9-16(5-2)18-14-15-10-12-17(13-11-15)19-6-3/h10-13,16,18H,4-9,14H2,1-3H3. The Kier molecular flexibility index (Phi) is 8.31. The lowest BCUT2D eigenvalue weighted by atomic mass is 10.1. The summed E-state index contributed by atoms with van der Waals surface area (Å²) >= 11 is 0. The number of benzene rings is 1. The van der Waals surface area contributed by atoms with Gasteiger partial charge in [0.25, 0.3) is 0 Å². The van der Waals surface area contributed by atoms with E-state index in [2.05, 4.69) is 43.4 Å². The highest BCUT2D eigenvalue weighted by Crippen LogP contribution is 2.13. The van der Waals surface area contributed by atoms with Crippen LogP contribution >= 0.6 is 0 Å². The van der Waals surface area contributed by atoms with Crippen LogP contribution in [0.5, 0.6) is 5.75 Å². The zero-order valence-electron chi connectivity index (χ0n) is 12.7. The molecule has 0 aliphatic carbocycles. The molecule has 0 fully saturated rings. The van der Waals surface area contributed by atoms with Gasteiger partial charge in [-0.25, -0.2) is 0 Å². The summed E-state index contributed by atoms with van der Waals surface area (Å²) in [6.07, 6.45) is 6.49. The molecule has 1 aromatic carbocycles.